The SMILES string of the molecule is CC.Cc1ccc(-c2ccc(SN3CCN(C)CC3)cc2)cc1. The van der Waals surface area contributed by atoms with Gasteiger partial charge >= 0.3 is 0 Å². The van der Waals surface area contributed by atoms with E-state index in [1.54, 1.807) is 0 Å². The van der Waals surface area contributed by atoms with Gasteiger partial charge in [0.05, 0.1) is 0 Å². The van der Waals surface area contributed by atoms with Crippen LogP contribution in [0.4, 0.5) is 0 Å². The topological polar surface area (TPSA) is 6.48 Å². The molecule has 2 aromatic rings. The standard InChI is InChI=1S/C18H22N2S.C2H6/c1-15-3-5-16(6-4-15)17-7-9-18(10-8-17)21-20-13-11-19(2)12-14-20;1-2/h3-10H,11-14H2,1-2H3;1-2H3. The highest BCUT2D eigenvalue weighted by Gasteiger charge is 2.14. The van der Waals surface area contributed by atoms with Gasteiger partial charge in [-0.15, -0.1) is 0 Å². The minimum Gasteiger partial charge on any atom is -0.304 e. The van der Waals surface area contributed by atoms with Gasteiger partial charge < -0.3 is 4.90 Å². The Morgan fingerprint density at radius 2 is 1.22 bits per heavy atom. The molecule has 1 heterocycles. The van der Waals surface area contributed by atoms with Crippen molar-refractivity contribution < 1.29 is 0 Å². The molecule has 124 valence electrons. The van der Waals surface area contributed by atoms with Crippen molar-refractivity contribution in [2.24, 2.45) is 0 Å². The molecular weight excluding hydrogens is 300 g/mol. The van der Waals surface area contributed by atoms with Gasteiger partial charge in [-0.05, 0) is 49.2 Å². The van der Waals surface area contributed by atoms with Crippen LogP contribution in [-0.4, -0.2) is 42.4 Å². The van der Waals surface area contributed by atoms with Gasteiger partial charge in [-0.25, -0.2) is 4.31 Å². The van der Waals surface area contributed by atoms with Gasteiger partial charge in [-0.2, -0.15) is 0 Å². The zero-order valence-electron chi connectivity index (χ0n) is 14.7. The van der Waals surface area contributed by atoms with Gasteiger partial charge in [-0.3, -0.25) is 0 Å². The highest BCUT2D eigenvalue weighted by atomic mass is 32.2. The van der Waals surface area contributed by atoms with Crippen molar-refractivity contribution in [1.29, 1.82) is 0 Å². The van der Waals surface area contributed by atoms with Gasteiger partial charge in [-0.1, -0.05) is 55.8 Å². The normalized spacial score (nSPS) is 15.8. The van der Waals surface area contributed by atoms with E-state index in [1.165, 1.54) is 21.6 Å². The largest absolute Gasteiger partial charge is 0.304 e. The highest BCUT2D eigenvalue weighted by molar-refractivity contribution is 7.97. The summed E-state index contributed by atoms with van der Waals surface area (Å²) in [4.78, 5) is 3.72. The maximum Gasteiger partial charge on any atom is 0.0230 e. The molecule has 0 amide bonds. The van der Waals surface area contributed by atoms with Crippen molar-refractivity contribution in [2.75, 3.05) is 33.2 Å². The Labute approximate surface area is 145 Å². The van der Waals surface area contributed by atoms with Crippen LogP contribution in [0.25, 0.3) is 11.1 Å². The number of rotatable bonds is 3. The molecule has 1 fully saturated rings. The number of benzene rings is 2. The number of hydrogen-bond donors (Lipinski definition) is 0. The smallest absolute Gasteiger partial charge is 0.0230 e. The summed E-state index contributed by atoms with van der Waals surface area (Å²) in [5.41, 5.74) is 3.88. The van der Waals surface area contributed by atoms with Gasteiger partial charge in [0, 0.05) is 31.1 Å². The van der Waals surface area contributed by atoms with E-state index in [2.05, 4.69) is 71.7 Å². The summed E-state index contributed by atoms with van der Waals surface area (Å²) in [6.45, 7) is 10.7. The predicted molar refractivity (Wildman–Crippen MR) is 103 cm³/mol. The van der Waals surface area contributed by atoms with Crippen molar-refractivity contribution in [1.82, 2.24) is 9.21 Å². The van der Waals surface area contributed by atoms with Crippen molar-refractivity contribution in [3.05, 3.63) is 54.1 Å². The first kappa shape index (κ1) is 18.1. The lowest BCUT2D eigenvalue weighted by molar-refractivity contribution is 0.233. The third-order valence-corrected chi connectivity index (χ3v) is 5.04. The number of likely N-dealkylation sites (N-methyl/N-ethyl adjacent to an activating group) is 1. The molecule has 1 aliphatic heterocycles. The molecule has 0 aromatic heterocycles. The van der Waals surface area contributed by atoms with Crippen LogP contribution in [0.5, 0.6) is 0 Å². The molecule has 3 heteroatoms. The molecule has 2 aromatic carbocycles. The van der Waals surface area contributed by atoms with Crippen LogP contribution in [-0.2, 0) is 0 Å². The first-order valence-corrected chi connectivity index (χ1v) is 9.26. The zero-order valence-corrected chi connectivity index (χ0v) is 15.6. The summed E-state index contributed by atoms with van der Waals surface area (Å²) in [6.07, 6.45) is 0. The van der Waals surface area contributed by atoms with Crippen LogP contribution in [0.1, 0.15) is 19.4 Å². The summed E-state index contributed by atoms with van der Waals surface area (Å²) >= 11 is 1.88. The molecular formula is C20H28N2S. The Hall–Kier alpha value is -1.29. The van der Waals surface area contributed by atoms with E-state index in [0.29, 0.717) is 0 Å². The lowest BCUT2D eigenvalue weighted by Crippen LogP contribution is -2.40. The molecule has 0 radical (unpaired) electrons. The van der Waals surface area contributed by atoms with Crippen LogP contribution in [0.15, 0.2) is 53.4 Å². The lowest BCUT2D eigenvalue weighted by Gasteiger charge is -2.31. The second-order valence-corrected chi connectivity index (χ2v) is 6.88. The first-order valence-electron chi connectivity index (χ1n) is 8.49. The quantitative estimate of drug-likeness (QED) is 0.737. The zero-order chi connectivity index (χ0) is 16.7. The first-order chi connectivity index (χ1) is 11.2. The summed E-state index contributed by atoms with van der Waals surface area (Å²) in [7, 11) is 2.19. The average Bonchev–Trinajstić information content (AvgIpc) is 2.60. The third kappa shape index (κ3) is 5.38. The van der Waals surface area contributed by atoms with Crippen LogP contribution >= 0.6 is 11.9 Å². The molecule has 1 aliphatic rings. The molecule has 2 nitrogen and oxygen atoms in total. The van der Waals surface area contributed by atoms with E-state index < -0.39 is 0 Å². The maximum absolute atomic E-state index is 2.46. The van der Waals surface area contributed by atoms with Crippen LogP contribution in [0.2, 0.25) is 0 Å². The van der Waals surface area contributed by atoms with Crippen molar-refractivity contribution in [3.63, 3.8) is 0 Å². The van der Waals surface area contributed by atoms with Gasteiger partial charge in [0.15, 0.2) is 0 Å². The van der Waals surface area contributed by atoms with E-state index in [-0.39, 0.29) is 0 Å². The molecule has 3 rings (SSSR count). The van der Waals surface area contributed by atoms with E-state index in [9.17, 15) is 0 Å². The fraction of sp³-hybridized carbons (Fsp3) is 0.400. The van der Waals surface area contributed by atoms with E-state index >= 15 is 0 Å². The highest BCUT2D eigenvalue weighted by Crippen LogP contribution is 2.27. The number of nitrogens with zero attached hydrogens (tertiary/aromatic N) is 2. The third-order valence-electron chi connectivity index (χ3n) is 3.94. The molecule has 0 atom stereocenters. The molecule has 0 unspecified atom stereocenters. The van der Waals surface area contributed by atoms with E-state index in [0.717, 1.165) is 26.2 Å². The summed E-state index contributed by atoms with van der Waals surface area (Å²) in [5, 5.41) is 0. The molecule has 0 spiro atoms. The van der Waals surface area contributed by atoms with Gasteiger partial charge in [0.25, 0.3) is 0 Å². The Balaban J connectivity index is 0.000000924. The van der Waals surface area contributed by atoms with Crippen LogP contribution < -0.4 is 0 Å². The van der Waals surface area contributed by atoms with Crippen LogP contribution in [0, 0.1) is 6.92 Å². The minimum absolute atomic E-state index is 1.14. The van der Waals surface area contributed by atoms with Crippen LogP contribution in [0.3, 0.4) is 0 Å². The van der Waals surface area contributed by atoms with E-state index in [1.807, 2.05) is 25.8 Å². The van der Waals surface area contributed by atoms with Gasteiger partial charge in [0.1, 0.15) is 0 Å². The number of hydrogen-bond acceptors (Lipinski definition) is 3. The second-order valence-electron chi connectivity index (χ2n) is 5.71. The molecule has 0 N–H and O–H groups in total. The number of piperazine rings is 1. The number of aryl methyl sites for hydroxylation is 1. The van der Waals surface area contributed by atoms with Crippen molar-refractivity contribution >= 4 is 11.9 Å². The van der Waals surface area contributed by atoms with Crippen molar-refractivity contribution in [2.45, 2.75) is 25.7 Å². The minimum atomic E-state index is 1.14. The monoisotopic (exact) mass is 328 g/mol. The predicted octanol–water partition coefficient (Wildman–Crippen LogP) is 4.94. The molecule has 0 saturated carbocycles. The maximum atomic E-state index is 2.46. The summed E-state index contributed by atoms with van der Waals surface area (Å²) in [6, 6.07) is 17.6. The fourth-order valence-electron chi connectivity index (χ4n) is 2.48. The molecule has 23 heavy (non-hydrogen) atoms. The Morgan fingerprint density at radius 1 is 0.739 bits per heavy atom. The van der Waals surface area contributed by atoms with Gasteiger partial charge in [0.2, 0.25) is 0 Å². The Bertz CT molecular complexity index is 570. The summed E-state index contributed by atoms with van der Waals surface area (Å²) < 4.78 is 2.46. The molecule has 0 aliphatic carbocycles. The molecule has 1 saturated heterocycles. The Morgan fingerprint density at radius 3 is 1.74 bits per heavy atom. The van der Waals surface area contributed by atoms with E-state index in [4.69, 9.17) is 0 Å². The summed E-state index contributed by atoms with van der Waals surface area (Å²) in [5.74, 6) is 0. The lowest BCUT2D eigenvalue weighted by atomic mass is 10.0. The second kappa shape index (κ2) is 9.11. The van der Waals surface area contributed by atoms with Crippen molar-refractivity contribution in [3.8, 4) is 11.1 Å². The fourth-order valence-corrected chi connectivity index (χ4v) is 3.38. The molecule has 0 bridgehead atoms. The Kier molecular flexibility index (Phi) is 7.15. The average molecular weight is 329 g/mol.